The van der Waals surface area contributed by atoms with Crippen molar-refractivity contribution in [3.05, 3.63) is 107 Å². The van der Waals surface area contributed by atoms with E-state index in [1.165, 1.54) is 37.1 Å². The van der Waals surface area contributed by atoms with Crippen molar-refractivity contribution in [2.45, 2.75) is 44.8 Å². The minimum Gasteiger partial charge on any atom is -0.494 e. The fourth-order valence-electron chi connectivity index (χ4n) is 4.73. The number of halogens is 3. The molecule has 0 saturated heterocycles. The first-order valence-corrected chi connectivity index (χ1v) is 14.3. The Bertz CT molecular complexity index is 1620. The molecule has 1 heterocycles. The molecule has 1 unspecified atom stereocenters. The maximum absolute atomic E-state index is 13.6. The fourth-order valence-corrected chi connectivity index (χ4v) is 4.73. The van der Waals surface area contributed by atoms with Crippen molar-refractivity contribution in [3.8, 4) is 17.5 Å². The lowest BCUT2D eigenvalue weighted by molar-refractivity contribution is -0.141. The summed E-state index contributed by atoms with van der Waals surface area (Å²) in [6, 6.07) is 23.5. The lowest BCUT2D eigenvalue weighted by Gasteiger charge is -2.21. The molecule has 0 radical (unpaired) electrons. The minimum absolute atomic E-state index is 0.166. The molecule has 7 nitrogen and oxygen atoms in total. The van der Waals surface area contributed by atoms with Gasteiger partial charge in [0.25, 0.3) is 5.91 Å². The third kappa shape index (κ3) is 7.62. The molecule has 5 rings (SSSR count). The minimum atomic E-state index is -4.76. The van der Waals surface area contributed by atoms with E-state index in [9.17, 15) is 23.2 Å². The number of carbonyl (C=O) groups is 1. The Hall–Kier alpha value is -4.62. The quantitative estimate of drug-likeness (QED) is 0.170. The van der Waals surface area contributed by atoms with Crippen LogP contribution in [0.15, 0.2) is 78.9 Å². The fraction of sp³-hybridized carbons (Fsp3) is 0.303. The van der Waals surface area contributed by atoms with Crippen LogP contribution >= 0.6 is 0 Å². The monoisotopic (exact) mass is 587 g/mol. The Balaban J connectivity index is 1.43. The zero-order valence-corrected chi connectivity index (χ0v) is 23.7. The van der Waals surface area contributed by atoms with Crippen LogP contribution in [0.2, 0.25) is 0 Å². The number of rotatable bonds is 12. The third-order valence-corrected chi connectivity index (χ3v) is 7.20. The van der Waals surface area contributed by atoms with Crippen molar-refractivity contribution in [1.29, 1.82) is 5.26 Å². The van der Waals surface area contributed by atoms with E-state index in [0.717, 1.165) is 40.9 Å². The van der Waals surface area contributed by atoms with Gasteiger partial charge in [-0.2, -0.15) is 23.5 Å². The van der Waals surface area contributed by atoms with Gasteiger partial charge >= 0.3 is 6.18 Å². The summed E-state index contributed by atoms with van der Waals surface area (Å²) in [4.78, 5) is 13.4. The van der Waals surface area contributed by atoms with Crippen molar-refractivity contribution in [2.24, 2.45) is 5.92 Å². The molecule has 2 N–H and O–H groups in total. The van der Waals surface area contributed by atoms with E-state index in [1.54, 1.807) is 12.1 Å². The van der Waals surface area contributed by atoms with Gasteiger partial charge in [0.15, 0.2) is 5.69 Å². The molecule has 222 valence electrons. The molecule has 3 aromatic carbocycles. The molecule has 1 amide bonds. The molecule has 10 heteroatoms. The van der Waals surface area contributed by atoms with Crippen LogP contribution in [-0.2, 0) is 6.18 Å². The van der Waals surface area contributed by atoms with Crippen LogP contribution in [0.25, 0.3) is 5.69 Å². The number of nitriles is 1. The maximum Gasteiger partial charge on any atom is 0.435 e. The number of carbonyl (C=O) groups excluding carboxylic acids is 1. The maximum atomic E-state index is 13.6. The first kappa shape index (κ1) is 29.9. The van der Waals surface area contributed by atoms with Gasteiger partial charge in [-0.15, -0.1) is 0 Å². The highest BCUT2D eigenvalue weighted by molar-refractivity contribution is 6.03. The number of aromatic nitrogens is 2. The van der Waals surface area contributed by atoms with Gasteiger partial charge in [0.05, 0.1) is 30.0 Å². The van der Waals surface area contributed by atoms with Gasteiger partial charge in [-0.05, 0) is 85.3 Å². The molecule has 0 aliphatic heterocycles. The van der Waals surface area contributed by atoms with E-state index in [0.29, 0.717) is 24.3 Å². The molecule has 43 heavy (non-hydrogen) atoms. The topological polar surface area (TPSA) is 92.0 Å². The van der Waals surface area contributed by atoms with E-state index >= 15 is 0 Å². The summed E-state index contributed by atoms with van der Waals surface area (Å²) in [6.07, 6.45) is -0.402. The molecule has 1 aliphatic carbocycles. The highest BCUT2D eigenvalue weighted by Gasteiger charge is 2.36. The molecule has 1 aromatic heterocycles. The Morgan fingerprint density at radius 3 is 2.53 bits per heavy atom. The smallest absolute Gasteiger partial charge is 0.435 e. The number of hydrogen-bond donors (Lipinski definition) is 2. The van der Waals surface area contributed by atoms with Crippen molar-refractivity contribution < 1.29 is 22.7 Å². The summed E-state index contributed by atoms with van der Waals surface area (Å²) in [5, 5.41) is 19.3. The Morgan fingerprint density at radius 1 is 1.07 bits per heavy atom. The molecule has 0 bridgehead atoms. The first-order chi connectivity index (χ1) is 20.7. The van der Waals surface area contributed by atoms with Gasteiger partial charge in [0.1, 0.15) is 11.4 Å². The van der Waals surface area contributed by atoms with Gasteiger partial charge in [-0.25, -0.2) is 4.68 Å². The molecular formula is C33H32F3N5O2. The number of benzene rings is 3. The normalized spacial score (nSPS) is 13.7. The highest BCUT2D eigenvalue weighted by atomic mass is 19.4. The van der Waals surface area contributed by atoms with Gasteiger partial charge in [-0.1, -0.05) is 43.7 Å². The summed E-state index contributed by atoms with van der Waals surface area (Å²) >= 11 is 0. The zero-order chi connectivity index (χ0) is 30.4. The number of nitrogens with one attached hydrogen (secondary N) is 2. The number of anilines is 1. The van der Waals surface area contributed by atoms with Gasteiger partial charge in [0.2, 0.25) is 0 Å². The average molecular weight is 588 g/mol. The van der Waals surface area contributed by atoms with Crippen molar-refractivity contribution in [1.82, 2.24) is 15.1 Å². The average Bonchev–Trinajstić information content (AvgIpc) is 3.71. The van der Waals surface area contributed by atoms with E-state index in [4.69, 9.17) is 4.74 Å². The summed E-state index contributed by atoms with van der Waals surface area (Å²) in [6.45, 7) is 3.58. The zero-order valence-electron chi connectivity index (χ0n) is 23.7. The summed E-state index contributed by atoms with van der Waals surface area (Å²) in [5.74, 6) is 0.635. The van der Waals surface area contributed by atoms with Crippen molar-refractivity contribution in [2.75, 3.05) is 18.5 Å². The van der Waals surface area contributed by atoms with E-state index in [-0.39, 0.29) is 23.0 Å². The molecule has 1 saturated carbocycles. The van der Waals surface area contributed by atoms with E-state index < -0.39 is 17.8 Å². The second kappa shape index (κ2) is 13.1. The standard InChI is InChI=1S/C33H32F3N5O2/c1-2-3-15-43-28-12-6-9-25(18-28)31(38-21-22-13-14-22)24-8-5-10-26(17-24)39-32(42)29-19-30(33(34,35)36)40-41(29)27-11-4-7-23(16-27)20-37/h4-12,16-19,22,31,38H,2-3,13-15,21H2,1H3,(H,39,42). The predicted octanol–water partition coefficient (Wildman–Crippen LogP) is 7.28. The second-order valence-electron chi connectivity index (χ2n) is 10.6. The molecule has 1 fully saturated rings. The summed E-state index contributed by atoms with van der Waals surface area (Å²) in [5.41, 5.74) is 1.18. The molecule has 1 atom stereocenters. The Morgan fingerprint density at radius 2 is 1.81 bits per heavy atom. The van der Waals surface area contributed by atoms with Crippen LogP contribution in [0.1, 0.15) is 71.5 Å². The number of nitrogens with zero attached hydrogens (tertiary/aromatic N) is 3. The third-order valence-electron chi connectivity index (χ3n) is 7.20. The SMILES string of the molecule is CCCCOc1cccc(C(NCC2CC2)c2cccc(NC(=O)c3cc(C(F)(F)F)nn3-c3cccc(C#N)c3)c2)c1. The molecule has 0 spiro atoms. The lowest BCUT2D eigenvalue weighted by Crippen LogP contribution is -2.25. The predicted molar refractivity (Wildman–Crippen MR) is 157 cm³/mol. The lowest BCUT2D eigenvalue weighted by atomic mass is 9.97. The molecular weight excluding hydrogens is 555 g/mol. The molecule has 1 aliphatic rings. The van der Waals surface area contributed by atoms with Crippen LogP contribution in [0.5, 0.6) is 5.75 Å². The van der Waals surface area contributed by atoms with Crippen LogP contribution in [0, 0.1) is 17.2 Å². The first-order valence-electron chi connectivity index (χ1n) is 14.3. The highest BCUT2D eigenvalue weighted by Crippen LogP contribution is 2.33. The van der Waals surface area contributed by atoms with E-state index in [2.05, 4.69) is 22.7 Å². The van der Waals surface area contributed by atoms with Crippen LogP contribution < -0.4 is 15.4 Å². The van der Waals surface area contributed by atoms with Crippen molar-refractivity contribution in [3.63, 3.8) is 0 Å². The van der Waals surface area contributed by atoms with Crippen molar-refractivity contribution >= 4 is 11.6 Å². The number of hydrogen-bond acceptors (Lipinski definition) is 5. The number of alkyl halides is 3. The number of ether oxygens (including phenoxy) is 1. The largest absolute Gasteiger partial charge is 0.494 e. The van der Waals surface area contributed by atoms with Crippen LogP contribution in [0.4, 0.5) is 18.9 Å². The van der Waals surface area contributed by atoms with Gasteiger partial charge in [0, 0.05) is 11.8 Å². The van der Waals surface area contributed by atoms with Crippen LogP contribution in [-0.4, -0.2) is 28.8 Å². The second-order valence-corrected chi connectivity index (χ2v) is 10.6. The van der Waals surface area contributed by atoms with Crippen LogP contribution in [0.3, 0.4) is 0 Å². The number of amides is 1. The number of unbranched alkanes of at least 4 members (excludes halogenated alkanes) is 1. The Kier molecular flexibility index (Phi) is 9.12. The van der Waals surface area contributed by atoms with Gasteiger partial charge < -0.3 is 15.4 Å². The van der Waals surface area contributed by atoms with Gasteiger partial charge in [-0.3, -0.25) is 4.79 Å². The molecule has 4 aromatic rings. The summed E-state index contributed by atoms with van der Waals surface area (Å²) < 4.78 is 47.7. The Labute approximate surface area is 248 Å². The summed E-state index contributed by atoms with van der Waals surface area (Å²) in [7, 11) is 0. The van der Waals surface area contributed by atoms with E-state index in [1.807, 2.05) is 42.5 Å².